The largest absolute Gasteiger partial charge is 0.307 e. The lowest BCUT2D eigenvalue weighted by Crippen LogP contribution is -2.23. The summed E-state index contributed by atoms with van der Waals surface area (Å²) in [4.78, 5) is 10.8. The van der Waals surface area contributed by atoms with Crippen molar-refractivity contribution in [3.8, 4) is 0 Å². The number of nitrogens with one attached hydrogen (secondary N) is 1. The highest BCUT2D eigenvalue weighted by Crippen LogP contribution is 2.11. The second-order valence-electron chi connectivity index (χ2n) is 5.03. The van der Waals surface area contributed by atoms with Crippen LogP contribution in [0.3, 0.4) is 0 Å². The predicted molar refractivity (Wildman–Crippen MR) is 85.6 cm³/mol. The standard InChI is InChI=1S/C17H24N4/c1-3-21(4-2)14-16-8-6-5-7-15(16)11-19-13-17-12-18-9-10-20-17/h5-10,12,19H,3-4,11,13-14H2,1-2H3. The normalized spacial score (nSPS) is 11.0. The average Bonchev–Trinajstić information content (AvgIpc) is 2.55. The van der Waals surface area contributed by atoms with Crippen molar-refractivity contribution in [1.29, 1.82) is 0 Å². The monoisotopic (exact) mass is 284 g/mol. The first kappa shape index (κ1) is 15.6. The summed E-state index contributed by atoms with van der Waals surface area (Å²) in [6.45, 7) is 9.18. The van der Waals surface area contributed by atoms with E-state index in [0.717, 1.165) is 38.4 Å². The summed E-state index contributed by atoms with van der Waals surface area (Å²) in [7, 11) is 0. The fourth-order valence-corrected chi connectivity index (χ4v) is 2.32. The van der Waals surface area contributed by atoms with Crippen LogP contribution in [0.25, 0.3) is 0 Å². The van der Waals surface area contributed by atoms with E-state index in [1.807, 2.05) is 0 Å². The Morgan fingerprint density at radius 3 is 2.43 bits per heavy atom. The van der Waals surface area contributed by atoms with Crippen LogP contribution in [-0.2, 0) is 19.6 Å². The number of rotatable bonds is 8. The lowest BCUT2D eigenvalue weighted by atomic mass is 10.1. The second kappa shape index (κ2) is 8.49. The van der Waals surface area contributed by atoms with Gasteiger partial charge in [-0.05, 0) is 24.2 Å². The Morgan fingerprint density at radius 1 is 1.00 bits per heavy atom. The minimum absolute atomic E-state index is 0.743. The summed E-state index contributed by atoms with van der Waals surface area (Å²) >= 11 is 0. The zero-order chi connectivity index (χ0) is 14.9. The lowest BCUT2D eigenvalue weighted by molar-refractivity contribution is 0.294. The van der Waals surface area contributed by atoms with Crippen molar-refractivity contribution in [3.05, 3.63) is 59.7 Å². The second-order valence-corrected chi connectivity index (χ2v) is 5.03. The van der Waals surface area contributed by atoms with Gasteiger partial charge >= 0.3 is 0 Å². The van der Waals surface area contributed by atoms with E-state index in [1.54, 1.807) is 18.6 Å². The molecule has 1 heterocycles. The summed E-state index contributed by atoms with van der Waals surface area (Å²) < 4.78 is 0. The molecule has 0 aliphatic rings. The van der Waals surface area contributed by atoms with Crippen LogP contribution in [0.15, 0.2) is 42.9 Å². The van der Waals surface area contributed by atoms with Gasteiger partial charge in [-0.15, -0.1) is 0 Å². The van der Waals surface area contributed by atoms with E-state index in [0.29, 0.717) is 0 Å². The zero-order valence-electron chi connectivity index (χ0n) is 12.9. The van der Waals surface area contributed by atoms with Crippen LogP contribution in [0.1, 0.15) is 30.7 Å². The van der Waals surface area contributed by atoms with Crippen LogP contribution in [0, 0.1) is 0 Å². The molecular formula is C17H24N4. The molecule has 0 radical (unpaired) electrons. The quantitative estimate of drug-likeness (QED) is 0.809. The zero-order valence-corrected chi connectivity index (χ0v) is 12.9. The molecule has 0 aliphatic carbocycles. The Morgan fingerprint density at radius 2 is 1.76 bits per heavy atom. The summed E-state index contributed by atoms with van der Waals surface area (Å²) in [6, 6.07) is 8.64. The molecule has 0 unspecified atom stereocenters. The van der Waals surface area contributed by atoms with Crippen molar-refractivity contribution < 1.29 is 0 Å². The molecule has 4 nitrogen and oxygen atoms in total. The molecular weight excluding hydrogens is 260 g/mol. The van der Waals surface area contributed by atoms with Crippen molar-refractivity contribution >= 4 is 0 Å². The van der Waals surface area contributed by atoms with Gasteiger partial charge in [-0.25, -0.2) is 0 Å². The fraction of sp³-hybridized carbons (Fsp3) is 0.412. The predicted octanol–water partition coefficient (Wildman–Crippen LogP) is 2.61. The summed E-state index contributed by atoms with van der Waals surface area (Å²) in [5.41, 5.74) is 3.72. The first-order valence-corrected chi connectivity index (χ1v) is 7.58. The van der Waals surface area contributed by atoms with E-state index in [-0.39, 0.29) is 0 Å². The number of nitrogens with zero attached hydrogens (tertiary/aromatic N) is 3. The molecule has 0 amide bonds. The summed E-state index contributed by atoms with van der Waals surface area (Å²) in [6.07, 6.45) is 5.23. The molecule has 0 bridgehead atoms. The molecule has 21 heavy (non-hydrogen) atoms. The van der Waals surface area contributed by atoms with Gasteiger partial charge in [0, 0.05) is 38.2 Å². The van der Waals surface area contributed by atoms with Gasteiger partial charge < -0.3 is 5.32 Å². The van der Waals surface area contributed by atoms with Crippen LogP contribution in [-0.4, -0.2) is 28.0 Å². The SMILES string of the molecule is CCN(CC)Cc1ccccc1CNCc1cnccn1. The van der Waals surface area contributed by atoms with Crippen molar-refractivity contribution in [1.82, 2.24) is 20.2 Å². The van der Waals surface area contributed by atoms with Gasteiger partial charge in [-0.2, -0.15) is 0 Å². The van der Waals surface area contributed by atoms with Crippen molar-refractivity contribution in [3.63, 3.8) is 0 Å². The Balaban J connectivity index is 1.93. The summed E-state index contributed by atoms with van der Waals surface area (Å²) in [5, 5.41) is 3.45. The highest BCUT2D eigenvalue weighted by atomic mass is 15.1. The van der Waals surface area contributed by atoms with Gasteiger partial charge in [0.1, 0.15) is 0 Å². The fourth-order valence-electron chi connectivity index (χ4n) is 2.32. The first-order chi connectivity index (χ1) is 10.3. The van der Waals surface area contributed by atoms with Crippen molar-refractivity contribution in [2.45, 2.75) is 33.5 Å². The third kappa shape index (κ3) is 4.92. The topological polar surface area (TPSA) is 41.0 Å². The molecule has 0 aliphatic heterocycles. The van der Waals surface area contributed by atoms with Crippen LogP contribution in [0.4, 0.5) is 0 Å². The average molecular weight is 284 g/mol. The Labute approximate surface area is 127 Å². The molecule has 2 rings (SSSR count). The molecule has 0 fully saturated rings. The molecule has 1 aromatic heterocycles. The highest BCUT2D eigenvalue weighted by molar-refractivity contribution is 5.27. The van der Waals surface area contributed by atoms with Crippen LogP contribution < -0.4 is 5.32 Å². The van der Waals surface area contributed by atoms with Crippen LogP contribution >= 0.6 is 0 Å². The van der Waals surface area contributed by atoms with E-state index in [9.17, 15) is 0 Å². The molecule has 4 heteroatoms. The van der Waals surface area contributed by atoms with E-state index in [4.69, 9.17) is 0 Å². The van der Waals surface area contributed by atoms with Gasteiger partial charge in [0.2, 0.25) is 0 Å². The van der Waals surface area contributed by atoms with Crippen molar-refractivity contribution in [2.75, 3.05) is 13.1 Å². The molecule has 0 saturated carbocycles. The van der Waals surface area contributed by atoms with E-state index in [1.165, 1.54) is 11.1 Å². The number of hydrogen-bond donors (Lipinski definition) is 1. The minimum Gasteiger partial charge on any atom is -0.307 e. The van der Waals surface area contributed by atoms with Crippen LogP contribution in [0.2, 0.25) is 0 Å². The van der Waals surface area contributed by atoms with Gasteiger partial charge in [0.25, 0.3) is 0 Å². The van der Waals surface area contributed by atoms with E-state index in [2.05, 4.69) is 58.3 Å². The molecule has 0 spiro atoms. The van der Waals surface area contributed by atoms with Gasteiger partial charge in [0.05, 0.1) is 5.69 Å². The van der Waals surface area contributed by atoms with Gasteiger partial charge in [-0.3, -0.25) is 14.9 Å². The molecule has 112 valence electrons. The third-order valence-corrected chi connectivity index (χ3v) is 3.64. The number of benzene rings is 1. The lowest BCUT2D eigenvalue weighted by Gasteiger charge is -2.20. The smallest absolute Gasteiger partial charge is 0.0724 e. The first-order valence-electron chi connectivity index (χ1n) is 7.58. The molecule has 1 N–H and O–H groups in total. The van der Waals surface area contributed by atoms with Gasteiger partial charge in [-0.1, -0.05) is 38.1 Å². The molecule has 1 aromatic carbocycles. The summed E-state index contributed by atoms with van der Waals surface area (Å²) in [5.74, 6) is 0. The van der Waals surface area contributed by atoms with E-state index < -0.39 is 0 Å². The van der Waals surface area contributed by atoms with Gasteiger partial charge in [0.15, 0.2) is 0 Å². The van der Waals surface area contributed by atoms with Crippen LogP contribution in [0.5, 0.6) is 0 Å². The highest BCUT2D eigenvalue weighted by Gasteiger charge is 2.06. The Kier molecular flexibility index (Phi) is 6.31. The maximum absolute atomic E-state index is 4.27. The van der Waals surface area contributed by atoms with Crippen molar-refractivity contribution in [2.24, 2.45) is 0 Å². The van der Waals surface area contributed by atoms with E-state index >= 15 is 0 Å². The minimum atomic E-state index is 0.743. The maximum atomic E-state index is 4.27. The molecule has 0 atom stereocenters. The Bertz CT molecular complexity index is 523. The molecule has 0 saturated heterocycles. The Hall–Kier alpha value is -1.78. The third-order valence-electron chi connectivity index (χ3n) is 3.64. The number of hydrogen-bond acceptors (Lipinski definition) is 4. The maximum Gasteiger partial charge on any atom is 0.0724 e. The number of aromatic nitrogens is 2. The molecule has 2 aromatic rings.